The van der Waals surface area contributed by atoms with Gasteiger partial charge in [-0.25, -0.2) is 43.9 Å². The number of halogens is 10. The van der Waals surface area contributed by atoms with Gasteiger partial charge in [-0.05, 0) is 16.9 Å². The summed E-state index contributed by atoms with van der Waals surface area (Å²) in [5.41, 5.74) is -2.98. The quantitative estimate of drug-likeness (QED) is 0.223. The van der Waals surface area contributed by atoms with Gasteiger partial charge in [0.15, 0.2) is 58.2 Å². The molecule has 32 heavy (non-hydrogen) atoms. The lowest BCUT2D eigenvalue weighted by Gasteiger charge is -2.24. The highest BCUT2D eigenvalue weighted by molar-refractivity contribution is 6.87. The van der Waals surface area contributed by atoms with Crippen molar-refractivity contribution in [2.24, 2.45) is 0 Å². The van der Waals surface area contributed by atoms with Crippen LogP contribution in [0.25, 0.3) is 6.08 Å². The number of hydrogen-bond acceptors (Lipinski definition) is 0. The maximum absolute atomic E-state index is 14.7. The van der Waals surface area contributed by atoms with Crippen LogP contribution in [0.3, 0.4) is 0 Å². The van der Waals surface area contributed by atoms with Crippen LogP contribution in [0.4, 0.5) is 43.9 Å². The standard InChI is InChI=1S/C21H7BF10/c23-12-10(13(24)17(28)20(31)16(12)27)22(9-6-5-7-3-1-2-4-8(7)9)11-14(25)18(29)21(32)19(30)15(11)26/h1-6,9H. The lowest BCUT2D eigenvalue weighted by Crippen LogP contribution is -2.54. The van der Waals surface area contributed by atoms with Gasteiger partial charge in [-0.2, -0.15) is 0 Å². The Morgan fingerprint density at radius 1 is 0.500 bits per heavy atom. The van der Waals surface area contributed by atoms with Crippen LogP contribution in [0.1, 0.15) is 16.9 Å². The Balaban J connectivity index is 2.13. The highest BCUT2D eigenvalue weighted by Crippen LogP contribution is 2.34. The first-order valence-corrected chi connectivity index (χ1v) is 8.87. The first-order valence-electron chi connectivity index (χ1n) is 8.87. The van der Waals surface area contributed by atoms with E-state index in [0.29, 0.717) is 5.56 Å². The second kappa shape index (κ2) is 7.72. The molecular weight excluding hydrogens is 453 g/mol. The first-order chi connectivity index (χ1) is 15.1. The Kier molecular flexibility index (Phi) is 5.30. The summed E-state index contributed by atoms with van der Waals surface area (Å²) in [6.07, 6.45) is 2.44. The molecule has 0 saturated carbocycles. The van der Waals surface area contributed by atoms with Crippen LogP contribution in [-0.4, -0.2) is 6.71 Å². The molecule has 0 nitrogen and oxygen atoms in total. The summed E-state index contributed by atoms with van der Waals surface area (Å²) >= 11 is 0. The minimum absolute atomic E-state index is 0.116. The van der Waals surface area contributed by atoms with Crippen molar-refractivity contribution in [3.63, 3.8) is 0 Å². The van der Waals surface area contributed by atoms with E-state index in [-0.39, 0.29) is 5.56 Å². The van der Waals surface area contributed by atoms with Gasteiger partial charge in [0, 0.05) is 10.9 Å². The number of hydrogen-bond donors (Lipinski definition) is 0. The summed E-state index contributed by atoms with van der Waals surface area (Å²) in [6, 6.07) is 5.73. The van der Waals surface area contributed by atoms with Crippen LogP contribution < -0.4 is 10.9 Å². The third-order valence-corrected chi connectivity index (χ3v) is 5.31. The molecule has 0 aliphatic heterocycles. The maximum Gasteiger partial charge on any atom is 0.236 e. The lowest BCUT2D eigenvalue weighted by molar-refractivity contribution is 0.382. The zero-order valence-corrected chi connectivity index (χ0v) is 15.4. The van der Waals surface area contributed by atoms with Crippen LogP contribution in [0.5, 0.6) is 0 Å². The molecule has 0 spiro atoms. The van der Waals surface area contributed by atoms with Gasteiger partial charge in [0.05, 0.1) is 0 Å². The van der Waals surface area contributed by atoms with Crippen molar-refractivity contribution in [3.05, 3.63) is 99.6 Å². The molecule has 1 atom stereocenters. The molecule has 1 unspecified atom stereocenters. The molecule has 0 aromatic heterocycles. The number of rotatable bonds is 3. The van der Waals surface area contributed by atoms with E-state index in [0.717, 1.165) is 6.08 Å². The third kappa shape index (κ3) is 3.02. The van der Waals surface area contributed by atoms with Crippen molar-refractivity contribution in [1.82, 2.24) is 0 Å². The topological polar surface area (TPSA) is 0 Å². The molecule has 11 heteroatoms. The largest absolute Gasteiger partial charge is 0.236 e. The Morgan fingerprint density at radius 3 is 1.31 bits per heavy atom. The monoisotopic (exact) mass is 460 g/mol. The fraction of sp³-hybridized carbons (Fsp3) is 0.0476. The van der Waals surface area contributed by atoms with Crippen molar-refractivity contribution in [1.29, 1.82) is 0 Å². The number of allylic oxidation sites excluding steroid dienone is 1. The lowest BCUT2D eigenvalue weighted by atomic mass is 9.32. The van der Waals surface area contributed by atoms with Crippen molar-refractivity contribution < 1.29 is 43.9 Å². The molecule has 4 rings (SSSR count). The predicted octanol–water partition coefficient (Wildman–Crippen LogP) is 5.04. The molecular formula is C21H7BF10. The smallest absolute Gasteiger partial charge is 0.204 e. The summed E-state index contributed by atoms with van der Waals surface area (Å²) in [5.74, 6) is -26.1. The third-order valence-electron chi connectivity index (χ3n) is 5.31. The Hall–Kier alpha value is -3.24. The van der Waals surface area contributed by atoms with Gasteiger partial charge in [0.1, 0.15) is 0 Å². The van der Waals surface area contributed by atoms with E-state index in [1.54, 1.807) is 0 Å². The van der Waals surface area contributed by atoms with Gasteiger partial charge in [0.2, 0.25) is 6.71 Å². The fourth-order valence-corrected chi connectivity index (χ4v) is 3.86. The van der Waals surface area contributed by atoms with Gasteiger partial charge in [-0.3, -0.25) is 0 Å². The fourth-order valence-electron chi connectivity index (χ4n) is 3.86. The predicted molar refractivity (Wildman–Crippen MR) is 95.7 cm³/mol. The summed E-state index contributed by atoms with van der Waals surface area (Å²) in [4.78, 5) is 0. The molecule has 0 N–H and O–H groups in total. The molecule has 3 aromatic carbocycles. The van der Waals surface area contributed by atoms with E-state index in [9.17, 15) is 43.9 Å². The summed E-state index contributed by atoms with van der Waals surface area (Å²) < 4.78 is 141. The molecule has 0 saturated heterocycles. The summed E-state index contributed by atoms with van der Waals surface area (Å²) in [5, 5.41) is 0. The highest BCUT2D eigenvalue weighted by Gasteiger charge is 2.44. The second-order valence-corrected chi connectivity index (χ2v) is 6.96. The normalized spacial score (nSPS) is 14.8. The molecule has 3 aromatic rings. The first kappa shape index (κ1) is 22.0. The van der Waals surface area contributed by atoms with Crippen LogP contribution >= 0.6 is 0 Å². The Labute approximate surface area is 173 Å². The Morgan fingerprint density at radius 2 is 0.875 bits per heavy atom. The van der Waals surface area contributed by atoms with Crippen LogP contribution in [0.2, 0.25) is 0 Å². The molecule has 0 amide bonds. The van der Waals surface area contributed by atoms with E-state index in [4.69, 9.17) is 0 Å². The second-order valence-electron chi connectivity index (χ2n) is 6.96. The minimum Gasteiger partial charge on any atom is -0.204 e. The maximum atomic E-state index is 14.7. The SMILES string of the molecule is Fc1c(F)c(F)c(B(c2c(F)c(F)c(F)c(F)c2F)C2C=Cc3ccccc32)c(F)c1F. The highest BCUT2D eigenvalue weighted by atomic mass is 19.2. The van der Waals surface area contributed by atoms with E-state index < -0.39 is 81.6 Å². The minimum atomic E-state index is -2.54. The van der Waals surface area contributed by atoms with Crippen molar-refractivity contribution >= 4 is 23.7 Å². The van der Waals surface area contributed by atoms with Gasteiger partial charge in [-0.1, -0.05) is 36.4 Å². The number of benzene rings is 3. The van der Waals surface area contributed by atoms with Crippen molar-refractivity contribution in [2.75, 3.05) is 0 Å². The van der Waals surface area contributed by atoms with Crippen LogP contribution in [-0.2, 0) is 0 Å². The van der Waals surface area contributed by atoms with Crippen molar-refractivity contribution in [3.8, 4) is 0 Å². The van der Waals surface area contributed by atoms with E-state index in [2.05, 4.69) is 0 Å². The van der Waals surface area contributed by atoms with Gasteiger partial charge in [0.25, 0.3) is 0 Å². The Bertz CT molecular complexity index is 1170. The summed E-state index contributed by atoms with van der Waals surface area (Å²) in [7, 11) is 0. The van der Waals surface area contributed by atoms with E-state index in [1.807, 2.05) is 0 Å². The number of fused-ring (bicyclic) bond motifs is 1. The molecule has 0 bridgehead atoms. The molecule has 164 valence electrons. The molecule has 1 aliphatic rings. The molecule has 0 radical (unpaired) electrons. The van der Waals surface area contributed by atoms with Gasteiger partial charge < -0.3 is 0 Å². The average Bonchev–Trinajstić information content (AvgIpc) is 3.21. The average molecular weight is 460 g/mol. The molecule has 0 heterocycles. The zero-order valence-electron chi connectivity index (χ0n) is 15.4. The van der Waals surface area contributed by atoms with E-state index in [1.165, 1.54) is 30.3 Å². The van der Waals surface area contributed by atoms with Gasteiger partial charge >= 0.3 is 0 Å². The van der Waals surface area contributed by atoms with Gasteiger partial charge in [-0.15, -0.1) is 0 Å². The molecule has 0 fully saturated rings. The van der Waals surface area contributed by atoms with Crippen LogP contribution in [0, 0.1) is 58.2 Å². The molecule has 1 aliphatic carbocycles. The van der Waals surface area contributed by atoms with E-state index >= 15 is 0 Å². The zero-order chi connectivity index (χ0) is 23.5. The summed E-state index contributed by atoms with van der Waals surface area (Å²) in [6.45, 7) is -2.48. The van der Waals surface area contributed by atoms with Crippen molar-refractivity contribution in [2.45, 2.75) is 5.82 Å². The van der Waals surface area contributed by atoms with Crippen LogP contribution in [0.15, 0.2) is 30.3 Å².